The van der Waals surface area contributed by atoms with Crippen molar-refractivity contribution in [1.29, 1.82) is 0 Å². The fourth-order valence-corrected chi connectivity index (χ4v) is 3.63. The molecule has 1 spiro atoms. The summed E-state index contributed by atoms with van der Waals surface area (Å²) < 4.78 is 4.97. The molecule has 2 fully saturated rings. The van der Waals surface area contributed by atoms with Crippen LogP contribution in [0.1, 0.15) is 29.8 Å². The number of aromatic nitrogens is 3. The number of anilines is 1. The van der Waals surface area contributed by atoms with Gasteiger partial charge in [0.2, 0.25) is 11.7 Å². The van der Waals surface area contributed by atoms with Crippen molar-refractivity contribution in [2.24, 2.45) is 5.41 Å². The van der Waals surface area contributed by atoms with Gasteiger partial charge in [0, 0.05) is 44.6 Å². The maximum absolute atomic E-state index is 12.3. The molecule has 7 nitrogen and oxygen atoms in total. The van der Waals surface area contributed by atoms with E-state index < -0.39 is 0 Å². The second kappa shape index (κ2) is 5.64. The molecule has 0 bridgehead atoms. The zero-order valence-electron chi connectivity index (χ0n) is 12.9. The Morgan fingerprint density at radius 3 is 2.52 bits per heavy atom. The van der Waals surface area contributed by atoms with Gasteiger partial charge in [0.15, 0.2) is 0 Å². The molecule has 0 N–H and O–H groups in total. The quantitative estimate of drug-likeness (QED) is 0.838. The summed E-state index contributed by atoms with van der Waals surface area (Å²) in [5.41, 5.74) is 0.275. The minimum Gasteiger partial charge on any atom is -0.351 e. The van der Waals surface area contributed by atoms with Gasteiger partial charge < -0.3 is 14.3 Å². The maximum Gasteiger partial charge on any atom is 0.292 e. The van der Waals surface area contributed by atoms with Crippen LogP contribution in [0.4, 0.5) is 5.95 Å². The van der Waals surface area contributed by atoms with Crippen molar-refractivity contribution in [2.75, 3.05) is 31.1 Å². The molecule has 2 aromatic heterocycles. The van der Waals surface area contributed by atoms with E-state index in [9.17, 15) is 4.79 Å². The van der Waals surface area contributed by atoms with Gasteiger partial charge in [0.1, 0.15) is 0 Å². The Morgan fingerprint density at radius 1 is 1.09 bits per heavy atom. The van der Waals surface area contributed by atoms with E-state index in [0.29, 0.717) is 5.76 Å². The molecule has 0 saturated carbocycles. The van der Waals surface area contributed by atoms with Crippen LogP contribution in [0, 0.1) is 5.41 Å². The first kappa shape index (κ1) is 14.2. The van der Waals surface area contributed by atoms with Crippen molar-refractivity contribution in [3.05, 3.63) is 36.5 Å². The molecule has 2 saturated heterocycles. The lowest BCUT2D eigenvalue weighted by Gasteiger charge is -2.38. The summed E-state index contributed by atoms with van der Waals surface area (Å²) in [7, 11) is 0. The van der Waals surface area contributed by atoms with Crippen molar-refractivity contribution in [1.82, 2.24) is 20.0 Å². The highest BCUT2D eigenvalue weighted by Gasteiger charge is 2.42. The zero-order chi connectivity index (χ0) is 15.7. The van der Waals surface area contributed by atoms with Gasteiger partial charge in [-0.25, -0.2) is 9.97 Å². The summed E-state index contributed by atoms with van der Waals surface area (Å²) in [5, 5.41) is 3.61. The van der Waals surface area contributed by atoms with E-state index in [4.69, 9.17) is 4.52 Å². The number of piperidine rings is 1. The third kappa shape index (κ3) is 2.67. The van der Waals surface area contributed by atoms with E-state index in [0.717, 1.165) is 51.4 Å². The largest absolute Gasteiger partial charge is 0.351 e. The number of carbonyl (C=O) groups excluding carboxylic acids is 1. The van der Waals surface area contributed by atoms with Gasteiger partial charge in [-0.05, 0) is 30.7 Å². The summed E-state index contributed by atoms with van der Waals surface area (Å²) in [6.45, 7) is 3.49. The van der Waals surface area contributed by atoms with Crippen LogP contribution in [0.3, 0.4) is 0 Å². The molecule has 0 aliphatic carbocycles. The highest BCUT2D eigenvalue weighted by atomic mass is 16.5. The molecular formula is C16H19N5O2. The monoisotopic (exact) mass is 313 g/mol. The molecular weight excluding hydrogens is 294 g/mol. The van der Waals surface area contributed by atoms with Gasteiger partial charge in [-0.3, -0.25) is 4.79 Å². The first-order valence-electron chi connectivity index (χ1n) is 7.98. The molecule has 2 aromatic rings. The topological polar surface area (TPSA) is 75.4 Å². The molecule has 120 valence electrons. The Kier molecular flexibility index (Phi) is 3.48. The van der Waals surface area contributed by atoms with Gasteiger partial charge >= 0.3 is 0 Å². The summed E-state index contributed by atoms with van der Waals surface area (Å²) in [6, 6.07) is 3.46. The highest BCUT2D eigenvalue weighted by molar-refractivity contribution is 5.91. The first-order chi connectivity index (χ1) is 11.3. The van der Waals surface area contributed by atoms with Crippen LogP contribution in [0.25, 0.3) is 0 Å². The summed E-state index contributed by atoms with van der Waals surface area (Å²) in [4.78, 5) is 25.1. The lowest BCUT2D eigenvalue weighted by atomic mass is 9.78. The van der Waals surface area contributed by atoms with Crippen molar-refractivity contribution in [3.8, 4) is 0 Å². The number of carbonyl (C=O) groups is 1. The fourth-order valence-electron chi connectivity index (χ4n) is 3.63. The minimum absolute atomic E-state index is 0.0569. The predicted molar refractivity (Wildman–Crippen MR) is 82.9 cm³/mol. The van der Waals surface area contributed by atoms with Crippen LogP contribution in [-0.4, -0.2) is 52.1 Å². The number of rotatable bonds is 2. The summed E-state index contributed by atoms with van der Waals surface area (Å²) in [6.07, 6.45) is 8.23. The number of amides is 1. The molecule has 23 heavy (non-hydrogen) atoms. The van der Waals surface area contributed by atoms with E-state index >= 15 is 0 Å². The molecule has 4 heterocycles. The molecule has 2 aliphatic heterocycles. The Labute approximate surface area is 134 Å². The molecule has 0 unspecified atom stereocenters. The average molecular weight is 313 g/mol. The second-order valence-electron chi connectivity index (χ2n) is 6.39. The van der Waals surface area contributed by atoms with E-state index in [1.807, 2.05) is 11.0 Å². The first-order valence-corrected chi connectivity index (χ1v) is 7.98. The van der Waals surface area contributed by atoms with E-state index in [1.54, 1.807) is 18.5 Å². The van der Waals surface area contributed by atoms with Crippen LogP contribution in [0.5, 0.6) is 0 Å². The number of hydrogen-bond donors (Lipinski definition) is 0. The van der Waals surface area contributed by atoms with E-state index in [1.165, 1.54) is 6.20 Å². The molecule has 0 atom stereocenters. The third-order valence-corrected chi connectivity index (χ3v) is 5.03. The van der Waals surface area contributed by atoms with Gasteiger partial charge in [-0.15, -0.1) is 0 Å². The maximum atomic E-state index is 12.3. The van der Waals surface area contributed by atoms with Crippen LogP contribution in [0.2, 0.25) is 0 Å². The number of nitrogens with zero attached hydrogens (tertiary/aromatic N) is 5. The zero-order valence-corrected chi connectivity index (χ0v) is 12.9. The number of hydrogen-bond acceptors (Lipinski definition) is 6. The van der Waals surface area contributed by atoms with Crippen LogP contribution < -0.4 is 4.90 Å². The second-order valence-corrected chi connectivity index (χ2v) is 6.39. The van der Waals surface area contributed by atoms with Crippen molar-refractivity contribution < 1.29 is 9.32 Å². The Bertz CT molecular complexity index is 665. The summed E-state index contributed by atoms with van der Waals surface area (Å²) in [5.74, 6) is 1.08. The molecule has 0 radical (unpaired) electrons. The van der Waals surface area contributed by atoms with Crippen molar-refractivity contribution >= 4 is 11.9 Å². The fraction of sp³-hybridized carbons (Fsp3) is 0.500. The van der Waals surface area contributed by atoms with E-state index in [-0.39, 0.29) is 11.3 Å². The lowest BCUT2D eigenvalue weighted by molar-refractivity contribution is 0.0570. The van der Waals surface area contributed by atoms with Crippen LogP contribution >= 0.6 is 0 Å². The van der Waals surface area contributed by atoms with Crippen LogP contribution in [0.15, 0.2) is 35.2 Å². The van der Waals surface area contributed by atoms with Gasteiger partial charge in [0.05, 0.1) is 6.20 Å². The molecule has 2 aliphatic rings. The smallest absolute Gasteiger partial charge is 0.292 e. The molecule has 7 heteroatoms. The summed E-state index contributed by atoms with van der Waals surface area (Å²) >= 11 is 0. The highest BCUT2D eigenvalue weighted by Crippen LogP contribution is 2.41. The predicted octanol–water partition coefficient (Wildman–Crippen LogP) is 1.60. The van der Waals surface area contributed by atoms with Gasteiger partial charge in [0.25, 0.3) is 5.91 Å². The van der Waals surface area contributed by atoms with Crippen molar-refractivity contribution in [3.63, 3.8) is 0 Å². The Hall–Kier alpha value is -2.44. The molecule has 1 amide bonds. The number of likely N-dealkylation sites (tertiary alicyclic amines) is 1. The van der Waals surface area contributed by atoms with Gasteiger partial charge in [-0.2, -0.15) is 0 Å². The van der Waals surface area contributed by atoms with Crippen molar-refractivity contribution in [2.45, 2.75) is 19.3 Å². The standard InChI is InChI=1S/C16H19N5O2/c22-14(13-2-8-19-23-13)20-9-3-16(4-10-20)5-11-21(12-16)15-17-6-1-7-18-15/h1-2,6-8H,3-5,9-12H2. The average Bonchev–Trinajstić information content (AvgIpc) is 3.26. The lowest BCUT2D eigenvalue weighted by Crippen LogP contribution is -2.44. The Balaban J connectivity index is 1.39. The van der Waals surface area contributed by atoms with Crippen LogP contribution in [-0.2, 0) is 0 Å². The van der Waals surface area contributed by atoms with E-state index in [2.05, 4.69) is 20.0 Å². The third-order valence-electron chi connectivity index (χ3n) is 5.03. The van der Waals surface area contributed by atoms with Gasteiger partial charge in [-0.1, -0.05) is 5.16 Å². The SMILES string of the molecule is O=C(c1ccno1)N1CCC2(CC1)CCN(c1ncccn1)C2. The normalized spacial score (nSPS) is 20.2. The minimum atomic E-state index is -0.0569. The molecule has 0 aromatic carbocycles. The Morgan fingerprint density at radius 2 is 1.83 bits per heavy atom. The molecule has 4 rings (SSSR count).